The summed E-state index contributed by atoms with van der Waals surface area (Å²) in [5, 5.41) is 12.0. The van der Waals surface area contributed by atoms with Crippen molar-refractivity contribution in [3.8, 4) is 22.6 Å². The zero-order valence-corrected chi connectivity index (χ0v) is 18.2. The lowest BCUT2D eigenvalue weighted by Gasteiger charge is -2.28. The van der Waals surface area contributed by atoms with E-state index in [0.717, 1.165) is 39.8 Å². The summed E-state index contributed by atoms with van der Waals surface area (Å²) >= 11 is 0. The molecule has 0 aromatic heterocycles. The molecule has 2 unspecified atom stereocenters. The summed E-state index contributed by atoms with van der Waals surface area (Å²) in [4.78, 5) is 11.8. The molecule has 0 bridgehead atoms. The number of carboxylic acid groups (broad SMARTS) is 1. The number of halogens is 1. The van der Waals surface area contributed by atoms with Crippen LogP contribution in [0.3, 0.4) is 0 Å². The summed E-state index contributed by atoms with van der Waals surface area (Å²) in [7, 11) is 0. The van der Waals surface area contributed by atoms with E-state index in [1.807, 2.05) is 60.7 Å². The Balaban J connectivity index is 0.00000245. The number of rotatable bonds is 4. The molecular weight excluding hydrogens is 422 g/mol. The lowest BCUT2D eigenvalue weighted by Crippen LogP contribution is -2.37. The predicted octanol–water partition coefficient (Wildman–Crippen LogP) is 6.16. The highest BCUT2D eigenvalue weighted by Crippen LogP contribution is 2.39. The average molecular weight is 446 g/mol. The fraction of sp³-hybridized carbons (Fsp3) is 0.148. The molecule has 4 aromatic carbocycles. The van der Waals surface area contributed by atoms with E-state index < -0.39 is 11.9 Å². The summed E-state index contributed by atoms with van der Waals surface area (Å²) in [5.74, 6) is -0.250. The van der Waals surface area contributed by atoms with Gasteiger partial charge in [-0.15, -0.1) is 12.4 Å². The molecule has 1 aliphatic rings. The van der Waals surface area contributed by atoms with Crippen molar-refractivity contribution in [1.29, 1.82) is 0 Å². The molecule has 0 spiro atoms. The van der Waals surface area contributed by atoms with Gasteiger partial charge in [-0.3, -0.25) is 4.79 Å². The van der Waals surface area contributed by atoms with Gasteiger partial charge < -0.3 is 15.6 Å². The van der Waals surface area contributed by atoms with Gasteiger partial charge in [0.05, 0.1) is 5.92 Å². The van der Waals surface area contributed by atoms with Crippen molar-refractivity contribution < 1.29 is 14.6 Å². The number of hydrogen-bond acceptors (Lipinski definition) is 3. The summed E-state index contributed by atoms with van der Waals surface area (Å²) < 4.78 is 6.31. The minimum atomic E-state index is -0.887. The molecule has 0 heterocycles. The third-order valence-corrected chi connectivity index (χ3v) is 6.09. The van der Waals surface area contributed by atoms with Crippen molar-refractivity contribution in [3.63, 3.8) is 0 Å². The third kappa shape index (κ3) is 3.95. The van der Waals surface area contributed by atoms with Crippen LogP contribution in [0.5, 0.6) is 11.5 Å². The lowest BCUT2D eigenvalue weighted by molar-refractivity contribution is -0.139. The number of aryl methyl sites for hydroxylation is 1. The largest absolute Gasteiger partial charge is 0.481 e. The van der Waals surface area contributed by atoms with Crippen LogP contribution in [0.25, 0.3) is 21.9 Å². The van der Waals surface area contributed by atoms with Crippen molar-refractivity contribution in [2.45, 2.75) is 24.8 Å². The average Bonchev–Trinajstić information content (AvgIpc) is 2.78. The van der Waals surface area contributed by atoms with E-state index in [0.29, 0.717) is 12.2 Å². The Bertz CT molecular complexity index is 1280. The highest BCUT2D eigenvalue weighted by Gasteiger charge is 2.33. The van der Waals surface area contributed by atoms with Crippen molar-refractivity contribution >= 4 is 29.1 Å². The number of nitrogens with two attached hydrogens (primary N) is 1. The van der Waals surface area contributed by atoms with Gasteiger partial charge in [-0.05, 0) is 58.5 Å². The Morgan fingerprint density at radius 3 is 2.47 bits per heavy atom. The molecule has 5 rings (SSSR count). The second kappa shape index (κ2) is 9.03. The number of ether oxygens (including phenoxy) is 1. The Kier molecular flexibility index (Phi) is 6.17. The van der Waals surface area contributed by atoms with Gasteiger partial charge in [0.15, 0.2) is 0 Å². The highest BCUT2D eigenvalue weighted by molar-refractivity contribution is 5.98. The number of hydrogen-bond donors (Lipinski definition) is 2. The van der Waals surface area contributed by atoms with Crippen molar-refractivity contribution in [2.75, 3.05) is 0 Å². The van der Waals surface area contributed by atoms with Crippen molar-refractivity contribution in [2.24, 2.45) is 5.73 Å². The number of aliphatic carboxylic acids is 1. The monoisotopic (exact) mass is 445 g/mol. The van der Waals surface area contributed by atoms with Crippen LogP contribution in [-0.4, -0.2) is 17.1 Å². The predicted molar refractivity (Wildman–Crippen MR) is 130 cm³/mol. The van der Waals surface area contributed by atoms with Gasteiger partial charge in [0.25, 0.3) is 0 Å². The maximum Gasteiger partial charge on any atom is 0.312 e. The van der Waals surface area contributed by atoms with Crippen LogP contribution in [0.2, 0.25) is 0 Å². The molecule has 2 atom stereocenters. The first-order valence-corrected chi connectivity index (χ1v) is 10.5. The second-order valence-electron chi connectivity index (χ2n) is 8.00. The van der Waals surface area contributed by atoms with Crippen LogP contribution in [0.4, 0.5) is 0 Å². The summed E-state index contributed by atoms with van der Waals surface area (Å²) in [6.45, 7) is 0. The molecule has 32 heavy (non-hydrogen) atoms. The van der Waals surface area contributed by atoms with Crippen molar-refractivity contribution in [1.82, 2.24) is 0 Å². The quantitative estimate of drug-likeness (QED) is 0.394. The molecule has 3 N–H and O–H groups in total. The van der Waals surface area contributed by atoms with Gasteiger partial charge >= 0.3 is 5.97 Å². The Morgan fingerprint density at radius 1 is 0.906 bits per heavy atom. The smallest absolute Gasteiger partial charge is 0.312 e. The first-order chi connectivity index (χ1) is 15.1. The Labute approximate surface area is 193 Å². The summed E-state index contributed by atoms with van der Waals surface area (Å²) in [6.07, 6.45) is 1.46. The second-order valence-corrected chi connectivity index (χ2v) is 8.00. The number of benzene rings is 4. The SMILES string of the molecule is Cl.NC1CCc2ccc(Oc3ccccc3-c3cccc4ccccc34)cc2C1C(=O)O. The number of carbonyl (C=O) groups is 1. The Morgan fingerprint density at radius 2 is 1.62 bits per heavy atom. The zero-order valence-electron chi connectivity index (χ0n) is 17.4. The molecule has 0 radical (unpaired) electrons. The normalized spacial score (nSPS) is 17.3. The van der Waals surface area contributed by atoms with Gasteiger partial charge in [0.2, 0.25) is 0 Å². The fourth-order valence-corrected chi connectivity index (χ4v) is 4.55. The van der Waals surface area contributed by atoms with Gasteiger partial charge in [-0.2, -0.15) is 0 Å². The van der Waals surface area contributed by atoms with Crippen LogP contribution in [0.15, 0.2) is 84.9 Å². The van der Waals surface area contributed by atoms with Crippen molar-refractivity contribution in [3.05, 3.63) is 96.1 Å². The molecule has 0 saturated heterocycles. The van der Waals surface area contributed by atoms with Crippen LogP contribution < -0.4 is 10.5 Å². The van der Waals surface area contributed by atoms with Gasteiger partial charge in [0.1, 0.15) is 11.5 Å². The van der Waals surface area contributed by atoms with E-state index in [1.165, 1.54) is 5.39 Å². The molecule has 1 aliphatic carbocycles. The number of para-hydroxylation sites is 1. The van der Waals surface area contributed by atoms with Gasteiger partial charge in [-0.1, -0.05) is 66.7 Å². The minimum absolute atomic E-state index is 0. The van der Waals surface area contributed by atoms with Gasteiger partial charge in [0, 0.05) is 11.6 Å². The molecule has 0 amide bonds. The molecule has 162 valence electrons. The van der Waals surface area contributed by atoms with E-state index in [1.54, 1.807) is 0 Å². The molecule has 5 heteroatoms. The van der Waals surface area contributed by atoms with E-state index in [9.17, 15) is 9.90 Å². The topological polar surface area (TPSA) is 72.5 Å². The van der Waals surface area contributed by atoms with Crippen LogP contribution in [-0.2, 0) is 11.2 Å². The lowest BCUT2D eigenvalue weighted by atomic mass is 9.79. The van der Waals surface area contributed by atoms with Crippen LogP contribution >= 0.6 is 12.4 Å². The third-order valence-electron chi connectivity index (χ3n) is 6.09. The summed E-state index contributed by atoms with van der Waals surface area (Å²) in [6, 6.07) is 27.8. The Hall–Kier alpha value is -3.34. The molecule has 0 fully saturated rings. The standard InChI is InChI=1S/C27H23NO3.ClH/c28-24-15-13-18-12-14-19(16-23(18)26(24)27(29)30)31-25-11-4-3-9-22(25)21-10-5-7-17-6-1-2-8-20(17)21;/h1-12,14,16,24,26H,13,15,28H2,(H,29,30);1H. The maximum atomic E-state index is 11.8. The van der Waals surface area contributed by atoms with E-state index in [2.05, 4.69) is 24.3 Å². The number of carboxylic acids is 1. The maximum absolute atomic E-state index is 11.8. The van der Waals surface area contributed by atoms with E-state index in [4.69, 9.17) is 10.5 Å². The molecule has 4 aromatic rings. The molecular formula is C27H24ClNO3. The van der Waals surface area contributed by atoms with Crippen LogP contribution in [0, 0.1) is 0 Å². The molecule has 4 nitrogen and oxygen atoms in total. The first-order valence-electron chi connectivity index (χ1n) is 10.5. The highest BCUT2D eigenvalue weighted by atomic mass is 35.5. The first kappa shape index (κ1) is 21.9. The fourth-order valence-electron chi connectivity index (χ4n) is 4.55. The summed E-state index contributed by atoms with van der Waals surface area (Å²) in [5.41, 5.74) is 10.00. The number of fused-ring (bicyclic) bond motifs is 2. The molecule has 0 saturated carbocycles. The van der Waals surface area contributed by atoms with Gasteiger partial charge in [-0.25, -0.2) is 0 Å². The van der Waals surface area contributed by atoms with Crippen LogP contribution in [0.1, 0.15) is 23.5 Å². The molecule has 0 aliphatic heterocycles. The minimum Gasteiger partial charge on any atom is -0.481 e. The zero-order chi connectivity index (χ0) is 21.4. The van der Waals surface area contributed by atoms with E-state index in [-0.39, 0.29) is 18.4 Å². The van der Waals surface area contributed by atoms with E-state index >= 15 is 0 Å².